The van der Waals surface area contributed by atoms with Gasteiger partial charge < -0.3 is 10.2 Å². The van der Waals surface area contributed by atoms with E-state index >= 15 is 0 Å². The van der Waals surface area contributed by atoms with E-state index in [-0.39, 0.29) is 24.2 Å². The van der Waals surface area contributed by atoms with Crippen LogP contribution in [0.5, 0.6) is 0 Å². The fourth-order valence-electron chi connectivity index (χ4n) is 2.00. The van der Waals surface area contributed by atoms with Crippen molar-refractivity contribution in [3.63, 3.8) is 0 Å². The van der Waals surface area contributed by atoms with Gasteiger partial charge >= 0.3 is 0 Å². The molecule has 1 aromatic rings. The lowest BCUT2D eigenvalue weighted by atomic mass is 10.1. The van der Waals surface area contributed by atoms with Crippen LogP contribution in [0.4, 0.5) is 10.1 Å². The van der Waals surface area contributed by atoms with Gasteiger partial charge in [-0.05, 0) is 37.1 Å². The maximum atomic E-state index is 13.2. The minimum atomic E-state index is -0.489. The number of amides is 2. The minimum absolute atomic E-state index is 0.0135. The molecule has 96 valence electrons. The van der Waals surface area contributed by atoms with E-state index in [0.29, 0.717) is 17.7 Å². The van der Waals surface area contributed by atoms with E-state index in [4.69, 9.17) is 0 Å². The number of nitrogens with one attached hydrogen (secondary N) is 1. The fraction of sp³-hybridized carbons (Fsp3) is 0.385. The third kappa shape index (κ3) is 2.20. The summed E-state index contributed by atoms with van der Waals surface area (Å²) in [6.07, 6.45) is 0.543. The summed E-state index contributed by atoms with van der Waals surface area (Å²) < 4.78 is 13.2. The molecule has 0 aliphatic carbocycles. The zero-order chi connectivity index (χ0) is 13.3. The van der Waals surface area contributed by atoms with Crippen molar-refractivity contribution >= 4 is 17.5 Å². The minimum Gasteiger partial charge on any atom is -0.343 e. The molecule has 2 amide bonds. The highest BCUT2D eigenvalue weighted by Gasteiger charge is 2.32. The average Bonchev–Trinajstić information content (AvgIpc) is 2.35. The van der Waals surface area contributed by atoms with Crippen LogP contribution in [0.3, 0.4) is 0 Å². The van der Waals surface area contributed by atoms with Gasteiger partial charge in [0.25, 0.3) is 0 Å². The van der Waals surface area contributed by atoms with E-state index in [2.05, 4.69) is 5.32 Å². The number of carbonyl (C=O) groups is 2. The monoisotopic (exact) mass is 250 g/mol. The number of benzene rings is 1. The van der Waals surface area contributed by atoms with E-state index < -0.39 is 6.04 Å². The highest BCUT2D eigenvalue weighted by atomic mass is 19.1. The van der Waals surface area contributed by atoms with Crippen molar-refractivity contribution in [2.45, 2.75) is 26.3 Å². The van der Waals surface area contributed by atoms with E-state index in [1.165, 1.54) is 17.0 Å². The van der Waals surface area contributed by atoms with Crippen molar-refractivity contribution in [2.24, 2.45) is 0 Å². The molecular formula is C13H15FN2O2. The van der Waals surface area contributed by atoms with Crippen LogP contribution in [-0.4, -0.2) is 24.4 Å². The van der Waals surface area contributed by atoms with Crippen molar-refractivity contribution in [2.75, 3.05) is 11.4 Å². The molecule has 1 aromatic carbocycles. The van der Waals surface area contributed by atoms with Crippen molar-refractivity contribution in [3.05, 3.63) is 29.6 Å². The van der Waals surface area contributed by atoms with Gasteiger partial charge in [-0.15, -0.1) is 0 Å². The van der Waals surface area contributed by atoms with Crippen molar-refractivity contribution in [1.82, 2.24) is 5.32 Å². The number of nitrogens with zero attached hydrogens (tertiary/aromatic N) is 1. The normalized spacial score (nSPS) is 19.9. The number of hydrogen-bond acceptors (Lipinski definition) is 2. The van der Waals surface area contributed by atoms with Crippen LogP contribution < -0.4 is 10.2 Å². The van der Waals surface area contributed by atoms with Crippen molar-refractivity contribution in [3.8, 4) is 0 Å². The third-order valence-electron chi connectivity index (χ3n) is 3.06. The Morgan fingerprint density at radius 3 is 2.78 bits per heavy atom. The van der Waals surface area contributed by atoms with Gasteiger partial charge in [0.15, 0.2) is 0 Å². The Kier molecular flexibility index (Phi) is 3.32. The molecule has 1 aliphatic rings. The first-order valence-electron chi connectivity index (χ1n) is 5.89. The topological polar surface area (TPSA) is 49.4 Å². The van der Waals surface area contributed by atoms with Gasteiger partial charge in [0.05, 0.1) is 0 Å². The molecule has 2 rings (SSSR count). The van der Waals surface area contributed by atoms with Crippen molar-refractivity contribution in [1.29, 1.82) is 0 Å². The number of hydrogen-bond donors (Lipinski definition) is 1. The lowest BCUT2D eigenvalue weighted by Gasteiger charge is -2.32. The van der Waals surface area contributed by atoms with Crippen LogP contribution in [0.25, 0.3) is 0 Å². The second kappa shape index (κ2) is 4.76. The smallest absolute Gasteiger partial charge is 0.250 e. The number of rotatable bonds is 2. The molecule has 0 aromatic heterocycles. The van der Waals surface area contributed by atoms with Crippen LogP contribution in [0, 0.1) is 12.7 Å². The summed E-state index contributed by atoms with van der Waals surface area (Å²) in [5.41, 5.74) is 1.02. The van der Waals surface area contributed by atoms with Gasteiger partial charge in [0, 0.05) is 5.69 Å². The Labute approximate surface area is 105 Å². The van der Waals surface area contributed by atoms with E-state index in [1.54, 1.807) is 13.0 Å². The number of aryl methyl sites for hydroxylation is 1. The summed E-state index contributed by atoms with van der Waals surface area (Å²) in [6, 6.07) is 3.92. The molecule has 1 aliphatic heterocycles. The number of piperazine rings is 1. The predicted molar refractivity (Wildman–Crippen MR) is 65.7 cm³/mol. The Hall–Kier alpha value is -1.91. The first-order chi connectivity index (χ1) is 8.52. The molecule has 1 fully saturated rings. The average molecular weight is 250 g/mol. The molecule has 1 N–H and O–H groups in total. The molecular weight excluding hydrogens is 235 g/mol. The highest BCUT2D eigenvalue weighted by molar-refractivity contribution is 6.06. The maximum absolute atomic E-state index is 13.2. The molecule has 18 heavy (non-hydrogen) atoms. The van der Waals surface area contributed by atoms with Crippen LogP contribution in [0.1, 0.15) is 18.9 Å². The Bertz CT molecular complexity index is 502. The summed E-state index contributed by atoms with van der Waals surface area (Å²) in [6.45, 7) is 3.45. The Balaban J connectivity index is 2.33. The van der Waals surface area contributed by atoms with E-state index in [0.717, 1.165) is 0 Å². The molecule has 1 atom stereocenters. The molecule has 0 saturated carbocycles. The SMILES string of the molecule is CCC1NC(=O)CN(c2ccc(F)c(C)c2)C1=O. The molecule has 1 heterocycles. The summed E-state index contributed by atoms with van der Waals surface area (Å²) in [4.78, 5) is 25.1. The van der Waals surface area contributed by atoms with Gasteiger partial charge in [0.1, 0.15) is 18.4 Å². The zero-order valence-electron chi connectivity index (χ0n) is 10.4. The predicted octanol–water partition coefficient (Wildman–Crippen LogP) is 1.38. The molecule has 5 heteroatoms. The molecule has 1 saturated heterocycles. The Morgan fingerprint density at radius 2 is 2.17 bits per heavy atom. The van der Waals surface area contributed by atoms with E-state index in [1.807, 2.05) is 6.92 Å². The van der Waals surface area contributed by atoms with Gasteiger partial charge in [-0.2, -0.15) is 0 Å². The highest BCUT2D eigenvalue weighted by Crippen LogP contribution is 2.21. The Morgan fingerprint density at radius 1 is 1.44 bits per heavy atom. The molecule has 4 nitrogen and oxygen atoms in total. The molecule has 0 spiro atoms. The molecule has 0 bridgehead atoms. The first kappa shape index (κ1) is 12.5. The van der Waals surface area contributed by atoms with Gasteiger partial charge in [-0.25, -0.2) is 4.39 Å². The standard InChI is InChI=1S/C13H15FN2O2/c1-3-11-13(18)16(7-12(17)15-11)9-4-5-10(14)8(2)6-9/h4-6,11H,3,7H2,1-2H3,(H,15,17). The number of anilines is 1. The quantitative estimate of drug-likeness (QED) is 0.862. The number of halogens is 1. The first-order valence-corrected chi connectivity index (χ1v) is 5.89. The summed E-state index contributed by atoms with van der Waals surface area (Å²) in [7, 11) is 0. The lowest BCUT2D eigenvalue weighted by Crippen LogP contribution is -2.58. The second-order valence-electron chi connectivity index (χ2n) is 4.39. The summed E-state index contributed by atoms with van der Waals surface area (Å²) in [5.74, 6) is -0.661. The van der Waals surface area contributed by atoms with Crippen LogP contribution >= 0.6 is 0 Å². The third-order valence-corrected chi connectivity index (χ3v) is 3.06. The zero-order valence-corrected chi connectivity index (χ0v) is 10.4. The van der Waals surface area contributed by atoms with Gasteiger partial charge in [-0.3, -0.25) is 9.59 Å². The second-order valence-corrected chi connectivity index (χ2v) is 4.39. The van der Waals surface area contributed by atoms with Gasteiger partial charge in [-0.1, -0.05) is 6.92 Å². The van der Waals surface area contributed by atoms with Gasteiger partial charge in [0.2, 0.25) is 11.8 Å². The number of carbonyl (C=O) groups excluding carboxylic acids is 2. The summed E-state index contributed by atoms with van der Waals surface area (Å²) >= 11 is 0. The molecule has 0 radical (unpaired) electrons. The maximum Gasteiger partial charge on any atom is 0.250 e. The van der Waals surface area contributed by atoms with Crippen LogP contribution in [0.2, 0.25) is 0 Å². The lowest BCUT2D eigenvalue weighted by molar-refractivity contribution is -0.131. The molecule has 1 unspecified atom stereocenters. The van der Waals surface area contributed by atoms with Crippen LogP contribution in [0.15, 0.2) is 18.2 Å². The van der Waals surface area contributed by atoms with Crippen LogP contribution in [-0.2, 0) is 9.59 Å². The largest absolute Gasteiger partial charge is 0.343 e. The fourth-order valence-corrected chi connectivity index (χ4v) is 2.00. The van der Waals surface area contributed by atoms with Crippen molar-refractivity contribution < 1.29 is 14.0 Å². The van der Waals surface area contributed by atoms with E-state index in [9.17, 15) is 14.0 Å². The summed E-state index contributed by atoms with van der Waals surface area (Å²) in [5, 5.41) is 2.64.